The predicted molar refractivity (Wildman–Crippen MR) is 49.8 cm³/mol. The second kappa shape index (κ2) is 4.44. The zero-order chi connectivity index (χ0) is 11.6. The summed E-state index contributed by atoms with van der Waals surface area (Å²) in [6, 6.07) is 2.24. The number of aryl methyl sites for hydroxylation is 1. The highest BCUT2D eigenvalue weighted by atomic mass is 35.5. The smallest absolute Gasteiger partial charge is 0.387 e. The zero-order valence-electron chi connectivity index (χ0n) is 7.63. The Morgan fingerprint density at radius 2 is 2.13 bits per heavy atom. The highest BCUT2D eigenvalue weighted by Crippen LogP contribution is 2.28. The van der Waals surface area contributed by atoms with Crippen molar-refractivity contribution in [2.45, 2.75) is 13.5 Å². The maximum Gasteiger partial charge on any atom is 0.387 e. The molecule has 0 aliphatic carbocycles. The lowest BCUT2D eigenvalue weighted by Gasteiger charge is -2.09. The molecule has 0 heterocycles. The molecule has 0 bridgehead atoms. The van der Waals surface area contributed by atoms with E-state index in [4.69, 9.17) is 16.7 Å². The minimum Gasteiger partial charge on any atom is -0.478 e. The molecule has 0 saturated carbocycles. The van der Waals surface area contributed by atoms with E-state index in [0.29, 0.717) is 5.56 Å². The topological polar surface area (TPSA) is 46.5 Å². The van der Waals surface area contributed by atoms with Gasteiger partial charge in [-0.15, -0.1) is 0 Å². The van der Waals surface area contributed by atoms with E-state index in [9.17, 15) is 13.6 Å². The van der Waals surface area contributed by atoms with Gasteiger partial charge >= 0.3 is 12.6 Å². The van der Waals surface area contributed by atoms with E-state index in [0.717, 1.165) is 6.07 Å². The van der Waals surface area contributed by atoms with Gasteiger partial charge in [-0.05, 0) is 18.6 Å². The molecule has 15 heavy (non-hydrogen) atoms. The first-order valence-electron chi connectivity index (χ1n) is 3.90. The van der Waals surface area contributed by atoms with Crippen molar-refractivity contribution >= 4 is 17.6 Å². The highest BCUT2D eigenvalue weighted by Gasteiger charge is 2.16. The van der Waals surface area contributed by atoms with E-state index >= 15 is 0 Å². The fourth-order valence-corrected chi connectivity index (χ4v) is 1.18. The van der Waals surface area contributed by atoms with Crippen molar-refractivity contribution in [3.8, 4) is 5.75 Å². The summed E-state index contributed by atoms with van der Waals surface area (Å²) in [7, 11) is 0. The van der Waals surface area contributed by atoms with Gasteiger partial charge < -0.3 is 9.84 Å². The molecular weight excluding hydrogens is 230 g/mol. The van der Waals surface area contributed by atoms with Gasteiger partial charge in [-0.1, -0.05) is 11.6 Å². The molecule has 0 amide bonds. The van der Waals surface area contributed by atoms with Crippen molar-refractivity contribution in [2.75, 3.05) is 0 Å². The molecule has 1 rings (SSSR count). The first kappa shape index (κ1) is 11.7. The summed E-state index contributed by atoms with van der Waals surface area (Å²) >= 11 is 5.66. The van der Waals surface area contributed by atoms with Crippen LogP contribution in [0.25, 0.3) is 0 Å². The summed E-state index contributed by atoms with van der Waals surface area (Å²) in [5.74, 6) is -1.78. The number of hydrogen-bond donors (Lipinski definition) is 1. The second-order valence-corrected chi connectivity index (χ2v) is 3.19. The van der Waals surface area contributed by atoms with Crippen LogP contribution in [0.3, 0.4) is 0 Å². The summed E-state index contributed by atoms with van der Waals surface area (Å²) in [6.07, 6.45) is 0. The van der Waals surface area contributed by atoms with E-state index < -0.39 is 18.3 Å². The Balaban J connectivity index is 3.22. The third-order valence-electron chi connectivity index (χ3n) is 1.71. The number of rotatable bonds is 3. The molecule has 1 aromatic rings. The van der Waals surface area contributed by atoms with Crippen LogP contribution >= 0.6 is 11.6 Å². The molecule has 0 fully saturated rings. The fraction of sp³-hybridized carbons (Fsp3) is 0.222. The maximum absolute atomic E-state index is 11.9. The van der Waals surface area contributed by atoms with Gasteiger partial charge in [0.15, 0.2) is 0 Å². The predicted octanol–water partition coefficient (Wildman–Crippen LogP) is 2.95. The lowest BCUT2D eigenvalue weighted by atomic mass is 10.1. The molecule has 82 valence electrons. The second-order valence-electron chi connectivity index (χ2n) is 2.78. The van der Waals surface area contributed by atoms with E-state index in [1.807, 2.05) is 0 Å². The van der Waals surface area contributed by atoms with Crippen LogP contribution in [-0.2, 0) is 0 Å². The van der Waals surface area contributed by atoms with Gasteiger partial charge in [0, 0.05) is 11.1 Å². The Morgan fingerprint density at radius 1 is 1.53 bits per heavy atom. The van der Waals surface area contributed by atoms with Crippen LogP contribution < -0.4 is 4.74 Å². The lowest BCUT2D eigenvalue weighted by molar-refractivity contribution is -0.0503. The van der Waals surface area contributed by atoms with Crippen LogP contribution in [0.4, 0.5) is 8.78 Å². The SMILES string of the molecule is Cc1cc(C(=O)O)c(OC(F)F)cc1Cl. The molecule has 1 N–H and O–H groups in total. The van der Waals surface area contributed by atoms with Crippen molar-refractivity contribution in [3.63, 3.8) is 0 Å². The molecule has 0 atom stereocenters. The number of hydrogen-bond acceptors (Lipinski definition) is 2. The fourth-order valence-electron chi connectivity index (χ4n) is 1.02. The molecule has 0 radical (unpaired) electrons. The molecule has 0 unspecified atom stereocenters. The Bertz CT molecular complexity index is 393. The molecule has 0 spiro atoms. The Kier molecular flexibility index (Phi) is 3.47. The van der Waals surface area contributed by atoms with Gasteiger partial charge in [0.25, 0.3) is 0 Å². The van der Waals surface area contributed by atoms with Crippen LogP contribution in [0.15, 0.2) is 12.1 Å². The van der Waals surface area contributed by atoms with Gasteiger partial charge in [-0.3, -0.25) is 0 Å². The first-order chi connectivity index (χ1) is 6.91. The van der Waals surface area contributed by atoms with Crippen molar-refractivity contribution in [1.29, 1.82) is 0 Å². The summed E-state index contributed by atoms with van der Waals surface area (Å²) in [4.78, 5) is 10.7. The van der Waals surface area contributed by atoms with Gasteiger partial charge in [-0.25, -0.2) is 4.79 Å². The number of carbonyl (C=O) groups is 1. The molecule has 0 aromatic heterocycles. The third kappa shape index (κ3) is 2.79. The van der Waals surface area contributed by atoms with E-state index in [1.165, 1.54) is 6.07 Å². The third-order valence-corrected chi connectivity index (χ3v) is 2.11. The zero-order valence-corrected chi connectivity index (χ0v) is 8.39. The lowest BCUT2D eigenvalue weighted by Crippen LogP contribution is -2.08. The number of alkyl halides is 2. The number of carboxylic acids is 1. The largest absolute Gasteiger partial charge is 0.478 e. The minimum absolute atomic E-state index is 0.177. The van der Waals surface area contributed by atoms with E-state index in [1.54, 1.807) is 6.92 Å². The van der Waals surface area contributed by atoms with Crippen molar-refractivity contribution in [3.05, 3.63) is 28.3 Å². The molecule has 0 aliphatic rings. The molecule has 0 aliphatic heterocycles. The summed E-state index contributed by atoms with van der Waals surface area (Å²) in [5, 5.41) is 8.90. The van der Waals surface area contributed by atoms with Gasteiger partial charge in [0.2, 0.25) is 0 Å². The van der Waals surface area contributed by atoms with Crippen LogP contribution in [0, 0.1) is 6.92 Å². The Hall–Kier alpha value is -1.36. The molecular formula is C9H7ClF2O3. The van der Waals surface area contributed by atoms with Gasteiger partial charge in [0.1, 0.15) is 11.3 Å². The molecule has 1 aromatic carbocycles. The van der Waals surface area contributed by atoms with Crippen molar-refractivity contribution < 1.29 is 23.4 Å². The molecule has 0 saturated heterocycles. The van der Waals surface area contributed by atoms with Crippen molar-refractivity contribution in [2.24, 2.45) is 0 Å². The molecule has 3 nitrogen and oxygen atoms in total. The van der Waals surface area contributed by atoms with Gasteiger partial charge in [0.05, 0.1) is 0 Å². The number of carboxylic acid groups (broad SMARTS) is 1. The van der Waals surface area contributed by atoms with Gasteiger partial charge in [-0.2, -0.15) is 8.78 Å². The highest BCUT2D eigenvalue weighted by molar-refractivity contribution is 6.31. The normalized spacial score (nSPS) is 10.5. The number of benzene rings is 1. The first-order valence-corrected chi connectivity index (χ1v) is 4.28. The maximum atomic E-state index is 11.9. The minimum atomic E-state index is -3.08. The van der Waals surface area contributed by atoms with Crippen LogP contribution in [0.2, 0.25) is 5.02 Å². The van der Waals surface area contributed by atoms with Crippen LogP contribution in [0.1, 0.15) is 15.9 Å². The standard InChI is InChI=1S/C9H7ClF2O3/c1-4-2-5(8(13)14)7(3-6(4)10)15-9(11)12/h2-3,9H,1H3,(H,13,14). The molecule has 6 heteroatoms. The van der Waals surface area contributed by atoms with E-state index in [-0.39, 0.29) is 10.6 Å². The summed E-state index contributed by atoms with van der Waals surface area (Å²) in [5.41, 5.74) is 0.146. The number of aromatic carboxylic acids is 1. The number of ether oxygens (including phenoxy) is 1. The van der Waals surface area contributed by atoms with Crippen molar-refractivity contribution in [1.82, 2.24) is 0 Å². The summed E-state index contributed by atoms with van der Waals surface area (Å²) < 4.78 is 27.9. The van der Waals surface area contributed by atoms with E-state index in [2.05, 4.69) is 4.74 Å². The Morgan fingerprint density at radius 3 is 2.60 bits per heavy atom. The average Bonchev–Trinajstić information content (AvgIpc) is 2.09. The monoisotopic (exact) mass is 236 g/mol. The quantitative estimate of drug-likeness (QED) is 0.878. The summed E-state index contributed by atoms with van der Waals surface area (Å²) in [6.45, 7) is -1.51. The van der Waals surface area contributed by atoms with Crippen LogP contribution in [0.5, 0.6) is 5.75 Å². The average molecular weight is 237 g/mol. The Labute approximate surface area is 89.2 Å². The number of halogens is 3. The van der Waals surface area contributed by atoms with Crippen LogP contribution in [-0.4, -0.2) is 17.7 Å².